The number of carboxylic acid groups (broad SMARTS) is 1. The van der Waals surface area contributed by atoms with E-state index < -0.39 is 18.2 Å². The normalized spacial score (nSPS) is 14.4. The third-order valence-electron chi connectivity index (χ3n) is 2.27. The highest BCUT2D eigenvalue weighted by Crippen LogP contribution is 2.19. The number of benzene rings is 1. The van der Waals surface area contributed by atoms with E-state index in [9.17, 15) is 15.0 Å². The molecule has 0 heterocycles. The molecular formula is C11H13ClO4. The lowest BCUT2D eigenvalue weighted by atomic mass is 10.0. The lowest BCUT2D eigenvalue weighted by Gasteiger charge is -2.17. The van der Waals surface area contributed by atoms with E-state index >= 15 is 0 Å². The topological polar surface area (TPSA) is 77.8 Å². The number of aliphatic hydroxyl groups excluding tert-OH is 2. The highest BCUT2D eigenvalue weighted by molar-refractivity contribution is 6.17. The molecule has 0 spiro atoms. The van der Waals surface area contributed by atoms with Gasteiger partial charge in [0, 0.05) is 5.88 Å². The quantitative estimate of drug-likeness (QED) is 0.685. The zero-order valence-corrected chi connectivity index (χ0v) is 9.26. The molecule has 0 aliphatic carbocycles. The molecule has 1 aromatic carbocycles. The summed E-state index contributed by atoms with van der Waals surface area (Å²) in [5.41, 5.74) is 0.616. The number of rotatable bonds is 5. The summed E-state index contributed by atoms with van der Waals surface area (Å²) < 4.78 is 0. The van der Waals surface area contributed by atoms with Crippen LogP contribution < -0.4 is 0 Å². The van der Waals surface area contributed by atoms with Gasteiger partial charge in [-0.25, -0.2) is 4.79 Å². The molecule has 3 N–H and O–H groups in total. The van der Waals surface area contributed by atoms with Gasteiger partial charge in [0.05, 0.1) is 11.7 Å². The number of carboxylic acids is 1. The molecule has 2 unspecified atom stereocenters. The summed E-state index contributed by atoms with van der Waals surface area (Å²) in [4.78, 5) is 10.6. The molecule has 0 amide bonds. The fourth-order valence-corrected chi connectivity index (χ4v) is 1.54. The third kappa shape index (κ3) is 3.20. The summed E-state index contributed by atoms with van der Waals surface area (Å²) in [7, 11) is 0. The van der Waals surface area contributed by atoms with Crippen molar-refractivity contribution in [2.75, 3.05) is 5.88 Å². The second-order valence-electron chi connectivity index (χ2n) is 3.42. The SMILES string of the molecule is O=C(O)c1ccc(C(O)C(O)CCCl)cc1. The van der Waals surface area contributed by atoms with Crippen LogP contribution in [0.5, 0.6) is 0 Å². The van der Waals surface area contributed by atoms with Gasteiger partial charge >= 0.3 is 5.97 Å². The van der Waals surface area contributed by atoms with E-state index in [0.29, 0.717) is 5.56 Å². The Morgan fingerprint density at radius 1 is 1.25 bits per heavy atom. The highest BCUT2D eigenvalue weighted by Gasteiger charge is 2.17. The van der Waals surface area contributed by atoms with Crippen LogP contribution in [0.25, 0.3) is 0 Å². The largest absolute Gasteiger partial charge is 0.478 e. The van der Waals surface area contributed by atoms with Crippen molar-refractivity contribution in [3.63, 3.8) is 0 Å². The number of alkyl halides is 1. The number of carbonyl (C=O) groups is 1. The predicted molar refractivity (Wildman–Crippen MR) is 59.7 cm³/mol. The summed E-state index contributed by atoms with van der Waals surface area (Å²) in [6.07, 6.45) is -1.70. The van der Waals surface area contributed by atoms with Crippen LogP contribution in [-0.2, 0) is 0 Å². The van der Waals surface area contributed by atoms with Gasteiger partial charge in [-0.15, -0.1) is 11.6 Å². The molecule has 0 aliphatic rings. The van der Waals surface area contributed by atoms with Crippen molar-refractivity contribution >= 4 is 17.6 Å². The van der Waals surface area contributed by atoms with Crippen molar-refractivity contribution < 1.29 is 20.1 Å². The van der Waals surface area contributed by atoms with Crippen molar-refractivity contribution in [3.8, 4) is 0 Å². The zero-order valence-electron chi connectivity index (χ0n) is 8.51. The molecule has 0 bridgehead atoms. The number of aliphatic hydroxyl groups is 2. The molecule has 2 atom stereocenters. The van der Waals surface area contributed by atoms with Gasteiger partial charge in [0.15, 0.2) is 0 Å². The summed E-state index contributed by atoms with van der Waals surface area (Å²) in [6, 6.07) is 5.72. The van der Waals surface area contributed by atoms with Gasteiger partial charge in [0.25, 0.3) is 0 Å². The van der Waals surface area contributed by atoms with Crippen molar-refractivity contribution in [1.82, 2.24) is 0 Å². The lowest BCUT2D eigenvalue weighted by molar-refractivity contribution is 0.0170. The van der Waals surface area contributed by atoms with E-state index in [1.165, 1.54) is 24.3 Å². The highest BCUT2D eigenvalue weighted by atomic mass is 35.5. The zero-order chi connectivity index (χ0) is 12.1. The molecule has 88 valence electrons. The third-order valence-corrected chi connectivity index (χ3v) is 2.49. The van der Waals surface area contributed by atoms with E-state index in [1.807, 2.05) is 0 Å². The average Bonchev–Trinajstić information content (AvgIpc) is 2.28. The molecule has 0 saturated carbocycles. The van der Waals surface area contributed by atoms with Gasteiger partial charge in [0.2, 0.25) is 0 Å². The minimum atomic E-state index is -1.04. The maximum absolute atomic E-state index is 10.6. The first-order valence-corrected chi connectivity index (χ1v) is 5.35. The first-order valence-electron chi connectivity index (χ1n) is 4.81. The monoisotopic (exact) mass is 244 g/mol. The molecule has 0 saturated heterocycles. The molecule has 0 aliphatic heterocycles. The van der Waals surface area contributed by atoms with Crippen LogP contribution in [0, 0.1) is 0 Å². The van der Waals surface area contributed by atoms with Gasteiger partial charge in [-0.2, -0.15) is 0 Å². The van der Waals surface area contributed by atoms with Crippen LogP contribution in [0.2, 0.25) is 0 Å². The van der Waals surface area contributed by atoms with E-state index in [-0.39, 0.29) is 17.9 Å². The van der Waals surface area contributed by atoms with Crippen LogP contribution in [0.4, 0.5) is 0 Å². The summed E-state index contributed by atoms with van der Waals surface area (Å²) >= 11 is 5.45. The van der Waals surface area contributed by atoms with E-state index in [2.05, 4.69) is 0 Å². The first kappa shape index (κ1) is 13.0. The van der Waals surface area contributed by atoms with Crippen LogP contribution in [0.1, 0.15) is 28.4 Å². The van der Waals surface area contributed by atoms with Gasteiger partial charge in [0.1, 0.15) is 6.10 Å². The van der Waals surface area contributed by atoms with Crippen molar-refractivity contribution in [1.29, 1.82) is 0 Å². The lowest BCUT2D eigenvalue weighted by Crippen LogP contribution is -2.18. The molecule has 5 heteroatoms. The fraction of sp³-hybridized carbons (Fsp3) is 0.364. The number of halogens is 1. The van der Waals surface area contributed by atoms with Crippen LogP contribution in [0.3, 0.4) is 0 Å². The Hall–Kier alpha value is -1.10. The van der Waals surface area contributed by atoms with E-state index in [4.69, 9.17) is 16.7 Å². The maximum Gasteiger partial charge on any atom is 0.335 e. The summed E-state index contributed by atoms with van der Waals surface area (Å²) in [5.74, 6) is -0.770. The Kier molecular flexibility index (Phi) is 4.73. The van der Waals surface area contributed by atoms with Gasteiger partial charge in [-0.3, -0.25) is 0 Å². The Balaban J connectivity index is 2.77. The van der Waals surface area contributed by atoms with E-state index in [0.717, 1.165) is 0 Å². The second kappa shape index (κ2) is 5.84. The average molecular weight is 245 g/mol. The van der Waals surface area contributed by atoms with Gasteiger partial charge in [-0.1, -0.05) is 12.1 Å². The molecule has 1 rings (SSSR count). The standard InChI is InChI=1S/C11H13ClO4/c12-6-5-9(13)10(14)7-1-3-8(4-2-7)11(15)16/h1-4,9-10,13-14H,5-6H2,(H,15,16). The van der Waals surface area contributed by atoms with Crippen molar-refractivity contribution in [3.05, 3.63) is 35.4 Å². The predicted octanol–water partition coefficient (Wildman–Crippen LogP) is 1.41. The Labute approximate surface area is 98.1 Å². The maximum atomic E-state index is 10.6. The number of hydrogen-bond acceptors (Lipinski definition) is 3. The Morgan fingerprint density at radius 3 is 2.25 bits per heavy atom. The fourth-order valence-electron chi connectivity index (χ4n) is 1.31. The van der Waals surface area contributed by atoms with Crippen LogP contribution >= 0.6 is 11.6 Å². The minimum Gasteiger partial charge on any atom is -0.478 e. The number of hydrogen-bond donors (Lipinski definition) is 3. The molecule has 1 aromatic rings. The molecule has 0 radical (unpaired) electrons. The van der Waals surface area contributed by atoms with Crippen LogP contribution in [0.15, 0.2) is 24.3 Å². The molecule has 0 fully saturated rings. The van der Waals surface area contributed by atoms with E-state index in [1.54, 1.807) is 0 Å². The second-order valence-corrected chi connectivity index (χ2v) is 3.79. The number of aromatic carboxylic acids is 1. The first-order chi connectivity index (χ1) is 7.56. The smallest absolute Gasteiger partial charge is 0.335 e. The molecule has 16 heavy (non-hydrogen) atoms. The summed E-state index contributed by atoms with van der Waals surface area (Å²) in [5, 5.41) is 27.9. The van der Waals surface area contributed by atoms with Gasteiger partial charge < -0.3 is 15.3 Å². The van der Waals surface area contributed by atoms with Crippen LogP contribution in [-0.4, -0.2) is 33.3 Å². The van der Waals surface area contributed by atoms with Crippen molar-refractivity contribution in [2.24, 2.45) is 0 Å². The molecular weight excluding hydrogens is 232 g/mol. The minimum absolute atomic E-state index is 0.141. The van der Waals surface area contributed by atoms with Gasteiger partial charge in [-0.05, 0) is 24.1 Å². The Bertz CT molecular complexity index is 350. The Morgan fingerprint density at radius 2 is 1.81 bits per heavy atom. The molecule has 0 aromatic heterocycles. The summed E-state index contributed by atoms with van der Waals surface area (Å²) in [6.45, 7) is 0. The molecule has 4 nitrogen and oxygen atoms in total. The van der Waals surface area contributed by atoms with Crippen molar-refractivity contribution in [2.45, 2.75) is 18.6 Å².